The number of hydrogen-bond donors (Lipinski definition) is 1. The van der Waals surface area contributed by atoms with Gasteiger partial charge in [0.1, 0.15) is 5.82 Å². The first-order valence-electron chi connectivity index (χ1n) is 11.5. The van der Waals surface area contributed by atoms with Crippen molar-refractivity contribution in [3.05, 3.63) is 48.0 Å². The lowest BCUT2D eigenvalue weighted by molar-refractivity contribution is 0.475. The second-order valence-corrected chi connectivity index (χ2v) is 8.18. The first-order valence-corrected chi connectivity index (χ1v) is 11.5. The van der Waals surface area contributed by atoms with E-state index in [4.69, 9.17) is 4.99 Å². The van der Waals surface area contributed by atoms with Gasteiger partial charge in [-0.1, -0.05) is 12.1 Å². The molecule has 2 aromatic rings. The number of hydrogen-bond acceptors (Lipinski definition) is 3. The van der Waals surface area contributed by atoms with Gasteiger partial charge in [-0.2, -0.15) is 0 Å². The van der Waals surface area contributed by atoms with Gasteiger partial charge >= 0.3 is 0 Å². The van der Waals surface area contributed by atoms with Crippen LogP contribution in [0.25, 0.3) is 0 Å². The molecule has 0 unspecified atom stereocenters. The molecule has 1 aliphatic rings. The molecule has 1 aromatic heterocycles. The zero-order valence-electron chi connectivity index (χ0n) is 19.0. The Kier molecular flexibility index (Phi) is 8.60. The predicted molar refractivity (Wildman–Crippen MR) is 126 cm³/mol. The Hall–Kier alpha value is -2.50. The molecule has 0 spiro atoms. The van der Waals surface area contributed by atoms with Crippen LogP contribution in [-0.4, -0.2) is 53.6 Å². The SMILES string of the molecule is CCNC(=NCCCCn1ccnc1C)N(C)Cc1ccc(N2CCCCC2)cc1. The van der Waals surface area contributed by atoms with Crippen LogP contribution in [0.2, 0.25) is 0 Å². The molecule has 1 aromatic carbocycles. The minimum Gasteiger partial charge on any atom is -0.372 e. The van der Waals surface area contributed by atoms with E-state index in [2.05, 4.69) is 69.8 Å². The monoisotopic (exact) mass is 410 g/mol. The first kappa shape index (κ1) is 22.2. The Morgan fingerprint density at radius 1 is 1.13 bits per heavy atom. The van der Waals surface area contributed by atoms with Crippen LogP contribution in [0.1, 0.15) is 50.4 Å². The molecule has 1 N–H and O–H groups in total. The molecule has 1 fully saturated rings. The number of piperidine rings is 1. The van der Waals surface area contributed by atoms with Crippen molar-refractivity contribution in [2.24, 2.45) is 4.99 Å². The van der Waals surface area contributed by atoms with Crippen molar-refractivity contribution in [1.82, 2.24) is 19.8 Å². The van der Waals surface area contributed by atoms with Gasteiger partial charge in [0.25, 0.3) is 0 Å². The molecule has 1 aliphatic heterocycles. The zero-order chi connectivity index (χ0) is 21.2. The van der Waals surface area contributed by atoms with Crippen molar-refractivity contribution >= 4 is 11.6 Å². The van der Waals surface area contributed by atoms with Crippen LogP contribution in [0, 0.1) is 6.92 Å². The highest BCUT2D eigenvalue weighted by molar-refractivity contribution is 5.79. The fourth-order valence-electron chi connectivity index (χ4n) is 4.00. The Morgan fingerprint density at radius 3 is 2.57 bits per heavy atom. The molecule has 0 bridgehead atoms. The highest BCUT2D eigenvalue weighted by atomic mass is 15.3. The topological polar surface area (TPSA) is 48.7 Å². The predicted octanol–water partition coefficient (Wildman–Crippen LogP) is 4.06. The van der Waals surface area contributed by atoms with Gasteiger partial charge in [0.15, 0.2) is 5.96 Å². The Bertz CT molecular complexity index is 773. The summed E-state index contributed by atoms with van der Waals surface area (Å²) in [6.45, 7) is 10.2. The number of aryl methyl sites for hydroxylation is 2. The van der Waals surface area contributed by atoms with E-state index in [9.17, 15) is 0 Å². The quantitative estimate of drug-likeness (QED) is 0.385. The molecule has 0 radical (unpaired) electrons. The van der Waals surface area contributed by atoms with Crippen molar-refractivity contribution in [2.45, 2.75) is 59.0 Å². The Labute approximate surface area is 182 Å². The van der Waals surface area contributed by atoms with Gasteiger partial charge in [0, 0.05) is 64.4 Å². The number of anilines is 1. The van der Waals surface area contributed by atoms with Crippen molar-refractivity contribution in [2.75, 3.05) is 38.1 Å². The highest BCUT2D eigenvalue weighted by Crippen LogP contribution is 2.20. The number of guanidine groups is 1. The summed E-state index contributed by atoms with van der Waals surface area (Å²) in [4.78, 5) is 13.8. The second kappa shape index (κ2) is 11.6. The van der Waals surface area contributed by atoms with E-state index in [1.165, 1.54) is 43.6 Å². The van der Waals surface area contributed by atoms with Crippen LogP contribution in [0.15, 0.2) is 41.7 Å². The number of aromatic nitrogens is 2. The van der Waals surface area contributed by atoms with Gasteiger partial charge in [0.2, 0.25) is 0 Å². The van der Waals surface area contributed by atoms with Crippen LogP contribution in [-0.2, 0) is 13.1 Å². The number of unbranched alkanes of at least 4 members (excludes halogenated alkanes) is 1. The van der Waals surface area contributed by atoms with E-state index in [1.54, 1.807) is 0 Å². The molecule has 3 rings (SSSR count). The number of nitrogens with one attached hydrogen (secondary N) is 1. The summed E-state index contributed by atoms with van der Waals surface area (Å²) < 4.78 is 2.20. The normalized spacial score (nSPS) is 14.8. The van der Waals surface area contributed by atoms with E-state index in [0.717, 1.165) is 50.8 Å². The van der Waals surface area contributed by atoms with Crippen LogP contribution >= 0.6 is 0 Å². The molecule has 0 saturated carbocycles. The van der Waals surface area contributed by atoms with Gasteiger partial charge in [-0.15, -0.1) is 0 Å². The van der Waals surface area contributed by atoms with Crippen molar-refractivity contribution in [1.29, 1.82) is 0 Å². The van der Waals surface area contributed by atoms with Crippen molar-refractivity contribution in [3.8, 4) is 0 Å². The fourth-order valence-corrected chi connectivity index (χ4v) is 4.00. The average Bonchev–Trinajstić information content (AvgIpc) is 3.18. The molecule has 0 amide bonds. The van der Waals surface area contributed by atoms with Crippen LogP contribution in [0.3, 0.4) is 0 Å². The number of nitrogens with zero attached hydrogens (tertiary/aromatic N) is 5. The third-order valence-electron chi connectivity index (χ3n) is 5.77. The summed E-state index contributed by atoms with van der Waals surface area (Å²) in [6, 6.07) is 9.07. The Morgan fingerprint density at radius 2 is 1.90 bits per heavy atom. The number of rotatable bonds is 9. The summed E-state index contributed by atoms with van der Waals surface area (Å²) in [5.74, 6) is 2.06. The highest BCUT2D eigenvalue weighted by Gasteiger charge is 2.11. The first-order chi connectivity index (χ1) is 14.7. The second-order valence-electron chi connectivity index (χ2n) is 8.18. The van der Waals surface area contributed by atoms with Gasteiger partial charge < -0.3 is 19.7 Å². The third kappa shape index (κ3) is 6.51. The standard InChI is InChI=1S/C24H38N6/c1-4-25-24(27-14-6-9-16-29-19-15-26-21(29)2)28(3)20-22-10-12-23(13-11-22)30-17-7-5-8-18-30/h10-13,15,19H,4-9,14,16-18,20H2,1-3H3,(H,25,27). The maximum absolute atomic E-state index is 4.84. The lowest BCUT2D eigenvalue weighted by atomic mass is 10.1. The average molecular weight is 411 g/mol. The molecule has 2 heterocycles. The van der Waals surface area contributed by atoms with Gasteiger partial charge in [0.05, 0.1) is 0 Å². The summed E-state index contributed by atoms with van der Waals surface area (Å²) in [7, 11) is 2.12. The van der Waals surface area contributed by atoms with E-state index >= 15 is 0 Å². The minimum atomic E-state index is 0.842. The van der Waals surface area contributed by atoms with Crippen molar-refractivity contribution in [3.63, 3.8) is 0 Å². The molecule has 30 heavy (non-hydrogen) atoms. The number of imidazole rings is 1. The number of aliphatic imine (C=N–C) groups is 1. The smallest absolute Gasteiger partial charge is 0.193 e. The molecule has 164 valence electrons. The number of benzene rings is 1. The molecular weight excluding hydrogens is 372 g/mol. The summed E-state index contributed by atoms with van der Waals surface area (Å²) in [5.41, 5.74) is 2.68. The van der Waals surface area contributed by atoms with E-state index in [-0.39, 0.29) is 0 Å². The summed E-state index contributed by atoms with van der Waals surface area (Å²) in [5, 5.41) is 3.43. The van der Waals surface area contributed by atoms with Crippen LogP contribution < -0.4 is 10.2 Å². The molecule has 1 saturated heterocycles. The van der Waals surface area contributed by atoms with Gasteiger partial charge in [-0.3, -0.25) is 4.99 Å². The summed E-state index contributed by atoms with van der Waals surface area (Å²) >= 11 is 0. The van der Waals surface area contributed by atoms with Crippen LogP contribution in [0.4, 0.5) is 5.69 Å². The minimum absolute atomic E-state index is 0.842. The lowest BCUT2D eigenvalue weighted by Gasteiger charge is -2.29. The fraction of sp³-hybridized carbons (Fsp3) is 0.583. The summed E-state index contributed by atoms with van der Waals surface area (Å²) in [6.07, 6.45) is 10.1. The van der Waals surface area contributed by atoms with Gasteiger partial charge in [-0.05, 0) is 63.6 Å². The molecule has 0 aliphatic carbocycles. The molecule has 6 heteroatoms. The molecular formula is C24H38N6. The van der Waals surface area contributed by atoms with E-state index < -0.39 is 0 Å². The molecule has 6 nitrogen and oxygen atoms in total. The maximum Gasteiger partial charge on any atom is 0.193 e. The largest absolute Gasteiger partial charge is 0.372 e. The van der Waals surface area contributed by atoms with E-state index in [1.807, 2.05) is 12.4 Å². The van der Waals surface area contributed by atoms with E-state index in [0.29, 0.717) is 0 Å². The van der Waals surface area contributed by atoms with Gasteiger partial charge in [-0.25, -0.2) is 4.98 Å². The molecule has 0 atom stereocenters. The lowest BCUT2D eigenvalue weighted by Crippen LogP contribution is -2.38. The van der Waals surface area contributed by atoms with Crippen LogP contribution in [0.5, 0.6) is 0 Å². The third-order valence-corrected chi connectivity index (χ3v) is 5.77. The Balaban J connectivity index is 1.48. The zero-order valence-corrected chi connectivity index (χ0v) is 19.0. The maximum atomic E-state index is 4.84. The van der Waals surface area contributed by atoms with Crippen molar-refractivity contribution < 1.29 is 0 Å².